The predicted octanol–water partition coefficient (Wildman–Crippen LogP) is 5.39. The topological polar surface area (TPSA) is 45.8 Å². The van der Waals surface area contributed by atoms with Crippen LogP contribution in [0.4, 0.5) is 0 Å². The number of fused-ring (bicyclic) bond motifs is 1. The van der Waals surface area contributed by atoms with Crippen molar-refractivity contribution < 1.29 is 0 Å². The van der Waals surface area contributed by atoms with Crippen LogP contribution in [0.15, 0.2) is 63.2 Å². The van der Waals surface area contributed by atoms with Gasteiger partial charge in [0.05, 0.1) is 5.39 Å². The van der Waals surface area contributed by atoms with Gasteiger partial charge in [-0.1, -0.05) is 64.0 Å². The summed E-state index contributed by atoms with van der Waals surface area (Å²) >= 11 is 5.08. The molecule has 0 radical (unpaired) electrons. The Morgan fingerprint density at radius 2 is 1.88 bits per heavy atom. The maximum absolute atomic E-state index is 12.7. The van der Waals surface area contributed by atoms with E-state index in [4.69, 9.17) is 0 Å². The second-order valence-electron chi connectivity index (χ2n) is 5.59. The number of aryl methyl sites for hydroxylation is 1. The van der Waals surface area contributed by atoms with E-state index in [9.17, 15) is 4.79 Å². The Morgan fingerprint density at radius 1 is 1.08 bits per heavy atom. The van der Waals surface area contributed by atoms with Gasteiger partial charge in [-0.05, 0) is 18.6 Å². The third-order valence-corrected chi connectivity index (χ3v) is 5.47. The highest BCUT2D eigenvalue weighted by atomic mass is 79.9. The van der Waals surface area contributed by atoms with Crippen LogP contribution in [0.25, 0.3) is 32.7 Å². The minimum atomic E-state index is -0.108. The highest BCUT2D eigenvalue weighted by Crippen LogP contribution is 2.36. The largest absolute Gasteiger partial charge is 0.306 e. The quantitative estimate of drug-likeness (QED) is 0.493. The maximum Gasteiger partial charge on any atom is 0.260 e. The monoisotopic (exact) mass is 396 g/mol. The summed E-state index contributed by atoms with van der Waals surface area (Å²) in [6.45, 7) is 2.04. The van der Waals surface area contributed by atoms with Gasteiger partial charge < -0.3 is 4.98 Å². The molecule has 0 aliphatic carbocycles. The molecule has 0 aliphatic heterocycles. The molecule has 0 amide bonds. The highest BCUT2D eigenvalue weighted by molar-refractivity contribution is 9.10. The number of hydrogen-bond acceptors (Lipinski definition) is 3. The minimum absolute atomic E-state index is 0.108. The van der Waals surface area contributed by atoms with Crippen LogP contribution < -0.4 is 5.56 Å². The fraction of sp³-hybridized carbons (Fsp3) is 0.0526. The summed E-state index contributed by atoms with van der Waals surface area (Å²) in [6, 6.07) is 15.8. The van der Waals surface area contributed by atoms with Crippen molar-refractivity contribution >= 4 is 37.5 Å². The molecule has 118 valence electrons. The smallest absolute Gasteiger partial charge is 0.260 e. The molecule has 0 unspecified atom stereocenters. The average molecular weight is 397 g/mol. The van der Waals surface area contributed by atoms with Crippen molar-refractivity contribution in [3.05, 3.63) is 74.3 Å². The Balaban J connectivity index is 1.95. The fourth-order valence-electron chi connectivity index (χ4n) is 2.73. The molecule has 2 heterocycles. The normalized spacial score (nSPS) is 11.1. The van der Waals surface area contributed by atoms with Gasteiger partial charge in [0, 0.05) is 21.0 Å². The summed E-state index contributed by atoms with van der Waals surface area (Å²) in [4.78, 5) is 21.0. The molecule has 2 aromatic carbocycles. The van der Waals surface area contributed by atoms with E-state index >= 15 is 0 Å². The molecule has 0 bridgehead atoms. The van der Waals surface area contributed by atoms with Gasteiger partial charge in [0.15, 0.2) is 0 Å². The molecule has 4 rings (SSSR count). The lowest BCUT2D eigenvalue weighted by Crippen LogP contribution is -2.09. The number of nitrogens with zero attached hydrogens (tertiary/aromatic N) is 1. The van der Waals surface area contributed by atoms with Crippen LogP contribution in [0.5, 0.6) is 0 Å². The fourth-order valence-corrected chi connectivity index (χ4v) is 4.12. The Bertz CT molecular complexity index is 1100. The number of halogens is 1. The molecule has 0 saturated carbocycles. The summed E-state index contributed by atoms with van der Waals surface area (Å²) in [5.41, 5.74) is 3.88. The van der Waals surface area contributed by atoms with Gasteiger partial charge >= 0.3 is 0 Å². The van der Waals surface area contributed by atoms with Crippen LogP contribution in [0.2, 0.25) is 0 Å². The molecule has 24 heavy (non-hydrogen) atoms. The minimum Gasteiger partial charge on any atom is -0.306 e. The number of H-pyrrole nitrogens is 1. The van der Waals surface area contributed by atoms with E-state index in [1.807, 2.05) is 54.8 Å². The van der Waals surface area contributed by atoms with E-state index in [2.05, 4.69) is 32.0 Å². The van der Waals surface area contributed by atoms with Gasteiger partial charge in [0.25, 0.3) is 5.56 Å². The molecular formula is C19H13BrN2OS. The molecule has 2 aromatic heterocycles. The Hall–Kier alpha value is -2.24. The van der Waals surface area contributed by atoms with Crippen LogP contribution >= 0.6 is 27.3 Å². The summed E-state index contributed by atoms with van der Waals surface area (Å²) in [5, 5.41) is 2.65. The molecule has 0 saturated heterocycles. The highest BCUT2D eigenvalue weighted by Gasteiger charge is 2.15. The molecule has 0 fully saturated rings. The van der Waals surface area contributed by atoms with Crippen molar-refractivity contribution in [2.75, 3.05) is 0 Å². The lowest BCUT2D eigenvalue weighted by atomic mass is 10.0. The lowest BCUT2D eigenvalue weighted by Gasteiger charge is -2.05. The van der Waals surface area contributed by atoms with Crippen molar-refractivity contribution in [3.8, 4) is 22.5 Å². The second kappa shape index (κ2) is 6.00. The SMILES string of the molecule is Cc1ccc(Br)c(-c2csc3nc(-c4ccccc4)[nH]c(=O)c23)c1. The molecule has 3 nitrogen and oxygen atoms in total. The molecule has 1 N–H and O–H groups in total. The number of aromatic nitrogens is 2. The maximum atomic E-state index is 12.7. The number of nitrogens with one attached hydrogen (secondary N) is 1. The summed E-state index contributed by atoms with van der Waals surface area (Å²) in [7, 11) is 0. The van der Waals surface area contributed by atoms with E-state index in [0.29, 0.717) is 11.2 Å². The van der Waals surface area contributed by atoms with E-state index in [0.717, 1.165) is 31.6 Å². The van der Waals surface area contributed by atoms with Gasteiger partial charge in [0.2, 0.25) is 0 Å². The number of rotatable bonds is 2. The second-order valence-corrected chi connectivity index (χ2v) is 7.31. The first-order valence-corrected chi connectivity index (χ1v) is 9.14. The summed E-state index contributed by atoms with van der Waals surface area (Å²) in [6.07, 6.45) is 0. The standard InChI is InChI=1S/C19H13BrN2OS/c1-11-7-8-15(20)13(9-11)14-10-24-19-16(14)18(23)21-17(22-19)12-5-3-2-4-6-12/h2-10H,1H3,(H,21,22,23). The third-order valence-electron chi connectivity index (χ3n) is 3.90. The van der Waals surface area contributed by atoms with E-state index in [1.165, 1.54) is 11.3 Å². The molecule has 5 heteroatoms. The molecule has 4 aromatic rings. The van der Waals surface area contributed by atoms with Crippen LogP contribution in [-0.4, -0.2) is 9.97 Å². The van der Waals surface area contributed by atoms with E-state index < -0.39 is 0 Å². The number of hydrogen-bond donors (Lipinski definition) is 1. The average Bonchev–Trinajstić information content (AvgIpc) is 3.02. The third kappa shape index (κ3) is 2.60. The molecule has 0 aliphatic rings. The lowest BCUT2D eigenvalue weighted by molar-refractivity contribution is 1.19. The van der Waals surface area contributed by atoms with Crippen LogP contribution in [-0.2, 0) is 0 Å². The van der Waals surface area contributed by atoms with Crippen LogP contribution in [0.3, 0.4) is 0 Å². The van der Waals surface area contributed by atoms with Crippen LogP contribution in [0, 0.1) is 6.92 Å². The van der Waals surface area contributed by atoms with E-state index in [1.54, 1.807) is 0 Å². The van der Waals surface area contributed by atoms with Gasteiger partial charge in [-0.3, -0.25) is 4.79 Å². The zero-order chi connectivity index (χ0) is 16.7. The first-order valence-electron chi connectivity index (χ1n) is 7.47. The van der Waals surface area contributed by atoms with Crippen molar-refractivity contribution in [2.45, 2.75) is 6.92 Å². The van der Waals surface area contributed by atoms with Crippen molar-refractivity contribution in [3.63, 3.8) is 0 Å². The van der Waals surface area contributed by atoms with Crippen LogP contribution in [0.1, 0.15) is 5.56 Å². The number of thiophene rings is 1. The Kier molecular flexibility index (Phi) is 3.82. The van der Waals surface area contributed by atoms with Gasteiger partial charge in [-0.2, -0.15) is 0 Å². The summed E-state index contributed by atoms with van der Waals surface area (Å²) < 4.78 is 0.972. The van der Waals surface area contributed by atoms with E-state index in [-0.39, 0.29) is 5.56 Å². The predicted molar refractivity (Wildman–Crippen MR) is 104 cm³/mol. The Morgan fingerprint density at radius 3 is 2.67 bits per heavy atom. The number of benzene rings is 2. The molecule has 0 spiro atoms. The van der Waals surface area contributed by atoms with Gasteiger partial charge in [-0.25, -0.2) is 4.98 Å². The first-order chi connectivity index (χ1) is 11.6. The van der Waals surface area contributed by atoms with Crippen molar-refractivity contribution in [2.24, 2.45) is 0 Å². The zero-order valence-corrected chi connectivity index (χ0v) is 15.2. The summed E-state index contributed by atoms with van der Waals surface area (Å²) in [5.74, 6) is 0.602. The Labute approximate surface area is 151 Å². The molecule has 0 atom stereocenters. The van der Waals surface area contributed by atoms with Gasteiger partial charge in [0.1, 0.15) is 10.7 Å². The molecular weight excluding hydrogens is 384 g/mol. The van der Waals surface area contributed by atoms with Crippen molar-refractivity contribution in [1.82, 2.24) is 9.97 Å². The zero-order valence-electron chi connectivity index (χ0n) is 12.8. The first kappa shape index (κ1) is 15.3. The van der Waals surface area contributed by atoms with Crippen molar-refractivity contribution in [1.29, 1.82) is 0 Å². The number of aromatic amines is 1. The van der Waals surface area contributed by atoms with Gasteiger partial charge in [-0.15, -0.1) is 11.3 Å².